The smallest absolute Gasteiger partial charge is 0.306 e. The highest BCUT2D eigenvalue weighted by Gasteiger charge is 2.24. The van der Waals surface area contributed by atoms with Crippen molar-refractivity contribution in [2.24, 2.45) is 5.92 Å². The van der Waals surface area contributed by atoms with Crippen LogP contribution in [0.5, 0.6) is 0 Å². The summed E-state index contributed by atoms with van der Waals surface area (Å²) in [6, 6.07) is 0. The Hall–Kier alpha value is -1.21. The lowest BCUT2D eigenvalue weighted by molar-refractivity contribution is -0.143. The second-order valence-corrected chi connectivity index (χ2v) is 5.33. The van der Waals surface area contributed by atoms with E-state index in [-0.39, 0.29) is 5.92 Å². The summed E-state index contributed by atoms with van der Waals surface area (Å²) in [4.78, 5) is 13.1. The van der Waals surface area contributed by atoms with E-state index in [0.717, 1.165) is 43.9 Å². The van der Waals surface area contributed by atoms with Gasteiger partial charge in [0, 0.05) is 13.0 Å². The third-order valence-corrected chi connectivity index (χ3v) is 3.87. The number of carboxylic acid groups (broad SMARTS) is 1. The molecule has 1 aromatic rings. The number of nitrogens with two attached hydrogens (primary N) is 1. The SMILES string of the molecule is Nc1nnc(CCN2CCC(C(=O)O)CC2)s1. The van der Waals surface area contributed by atoms with Gasteiger partial charge >= 0.3 is 5.97 Å². The first-order valence-corrected chi connectivity index (χ1v) is 6.50. The number of carbonyl (C=O) groups is 1. The minimum absolute atomic E-state index is 0.163. The number of carboxylic acids is 1. The normalized spacial score (nSPS) is 18.4. The Balaban J connectivity index is 1.73. The number of hydrogen-bond donors (Lipinski definition) is 2. The fraction of sp³-hybridized carbons (Fsp3) is 0.700. The molecule has 3 N–H and O–H groups in total. The van der Waals surface area contributed by atoms with E-state index in [1.807, 2.05) is 0 Å². The van der Waals surface area contributed by atoms with Gasteiger partial charge in [0.05, 0.1) is 5.92 Å². The number of rotatable bonds is 4. The molecule has 2 rings (SSSR count). The van der Waals surface area contributed by atoms with Crippen molar-refractivity contribution in [3.63, 3.8) is 0 Å². The molecule has 2 heterocycles. The van der Waals surface area contributed by atoms with Crippen molar-refractivity contribution in [3.8, 4) is 0 Å². The zero-order valence-corrected chi connectivity index (χ0v) is 10.3. The molecule has 94 valence electrons. The topological polar surface area (TPSA) is 92.3 Å². The van der Waals surface area contributed by atoms with Crippen LogP contribution in [-0.2, 0) is 11.2 Å². The summed E-state index contributed by atoms with van der Waals surface area (Å²) < 4.78 is 0. The maximum atomic E-state index is 10.8. The number of aliphatic carboxylic acids is 1. The van der Waals surface area contributed by atoms with E-state index in [9.17, 15) is 4.79 Å². The Morgan fingerprint density at radius 1 is 1.47 bits per heavy atom. The van der Waals surface area contributed by atoms with Gasteiger partial charge in [0.1, 0.15) is 5.01 Å². The van der Waals surface area contributed by atoms with Crippen molar-refractivity contribution >= 4 is 22.4 Å². The number of nitrogen functional groups attached to an aromatic ring is 1. The van der Waals surface area contributed by atoms with Crippen molar-refractivity contribution < 1.29 is 9.90 Å². The second kappa shape index (κ2) is 5.42. The molecule has 17 heavy (non-hydrogen) atoms. The number of nitrogens with zero attached hydrogens (tertiary/aromatic N) is 3. The fourth-order valence-electron chi connectivity index (χ4n) is 2.02. The molecule has 0 saturated carbocycles. The van der Waals surface area contributed by atoms with Crippen LogP contribution in [0.1, 0.15) is 17.8 Å². The Morgan fingerprint density at radius 3 is 2.71 bits per heavy atom. The molecule has 0 bridgehead atoms. The molecule has 0 amide bonds. The van der Waals surface area contributed by atoms with Crippen LogP contribution >= 0.6 is 11.3 Å². The molecule has 0 aliphatic carbocycles. The summed E-state index contributed by atoms with van der Waals surface area (Å²) >= 11 is 1.42. The van der Waals surface area contributed by atoms with Gasteiger partial charge in [0.2, 0.25) is 5.13 Å². The van der Waals surface area contributed by atoms with Gasteiger partial charge in [-0.2, -0.15) is 0 Å². The minimum Gasteiger partial charge on any atom is -0.481 e. The summed E-state index contributed by atoms with van der Waals surface area (Å²) in [5.74, 6) is -0.829. The average Bonchev–Trinajstić information content (AvgIpc) is 2.73. The van der Waals surface area contributed by atoms with E-state index in [0.29, 0.717) is 5.13 Å². The van der Waals surface area contributed by atoms with E-state index in [1.165, 1.54) is 11.3 Å². The summed E-state index contributed by atoms with van der Waals surface area (Å²) in [7, 11) is 0. The van der Waals surface area contributed by atoms with E-state index < -0.39 is 5.97 Å². The highest BCUT2D eigenvalue weighted by atomic mass is 32.1. The van der Waals surface area contributed by atoms with Crippen LogP contribution in [0.3, 0.4) is 0 Å². The molecule has 0 unspecified atom stereocenters. The number of likely N-dealkylation sites (tertiary alicyclic amines) is 1. The third kappa shape index (κ3) is 3.37. The molecule has 1 fully saturated rings. The lowest BCUT2D eigenvalue weighted by Crippen LogP contribution is -2.37. The molecule has 7 heteroatoms. The van der Waals surface area contributed by atoms with Gasteiger partial charge in [-0.25, -0.2) is 0 Å². The Labute approximate surface area is 103 Å². The molecular formula is C10H16N4O2S. The lowest BCUT2D eigenvalue weighted by Gasteiger charge is -2.29. The predicted octanol–water partition coefficient (Wildman–Crippen LogP) is 0.459. The van der Waals surface area contributed by atoms with Crippen LogP contribution < -0.4 is 5.73 Å². The fourth-order valence-corrected chi connectivity index (χ4v) is 2.62. The molecule has 0 aromatic carbocycles. The summed E-state index contributed by atoms with van der Waals surface area (Å²) in [6.07, 6.45) is 2.33. The number of piperidine rings is 1. The highest BCUT2D eigenvalue weighted by molar-refractivity contribution is 7.15. The monoisotopic (exact) mass is 256 g/mol. The summed E-state index contributed by atoms with van der Waals surface area (Å²) in [6.45, 7) is 2.61. The summed E-state index contributed by atoms with van der Waals surface area (Å²) in [5.41, 5.74) is 5.50. The minimum atomic E-state index is -0.665. The van der Waals surface area contributed by atoms with Gasteiger partial charge in [-0.3, -0.25) is 4.79 Å². The summed E-state index contributed by atoms with van der Waals surface area (Å²) in [5, 5.41) is 18.1. The van der Waals surface area contributed by atoms with Gasteiger partial charge in [-0.05, 0) is 25.9 Å². The molecule has 1 aliphatic heterocycles. The molecular weight excluding hydrogens is 240 g/mol. The van der Waals surface area contributed by atoms with Crippen molar-refractivity contribution in [2.45, 2.75) is 19.3 Å². The van der Waals surface area contributed by atoms with Gasteiger partial charge in [-0.1, -0.05) is 11.3 Å². The van der Waals surface area contributed by atoms with E-state index >= 15 is 0 Å². The molecule has 1 saturated heterocycles. The Morgan fingerprint density at radius 2 is 2.18 bits per heavy atom. The van der Waals surface area contributed by atoms with Crippen molar-refractivity contribution in [3.05, 3.63) is 5.01 Å². The molecule has 0 radical (unpaired) electrons. The molecule has 6 nitrogen and oxygen atoms in total. The van der Waals surface area contributed by atoms with Crippen molar-refractivity contribution in [1.82, 2.24) is 15.1 Å². The Kier molecular flexibility index (Phi) is 3.90. The maximum Gasteiger partial charge on any atom is 0.306 e. The standard InChI is InChI=1S/C10H16N4O2S/c11-10-13-12-8(17-10)3-6-14-4-1-7(2-5-14)9(15)16/h7H,1-6H2,(H2,11,13)(H,15,16). The van der Waals surface area contributed by atoms with E-state index in [4.69, 9.17) is 10.8 Å². The first kappa shape index (κ1) is 12.3. The highest BCUT2D eigenvalue weighted by Crippen LogP contribution is 2.18. The van der Waals surface area contributed by atoms with E-state index in [1.54, 1.807) is 0 Å². The van der Waals surface area contributed by atoms with Crippen LogP contribution in [0.4, 0.5) is 5.13 Å². The first-order valence-electron chi connectivity index (χ1n) is 5.68. The first-order chi connectivity index (χ1) is 8.15. The van der Waals surface area contributed by atoms with Crippen molar-refractivity contribution in [1.29, 1.82) is 0 Å². The average molecular weight is 256 g/mol. The quantitative estimate of drug-likeness (QED) is 0.813. The predicted molar refractivity (Wildman–Crippen MR) is 64.8 cm³/mol. The van der Waals surface area contributed by atoms with Gasteiger partial charge in [-0.15, -0.1) is 10.2 Å². The lowest BCUT2D eigenvalue weighted by atomic mass is 9.97. The van der Waals surface area contributed by atoms with Gasteiger partial charge < -0.3 is 15.7 Å². The van der Waals surface area contributed by atoms with Crippen LogP contribution in [0.15, 0.2) is 0 Å². The van der Waals surface area contributed by atoms with Gasteiger partial charge in [0.15, 0.2) is 0 Å². The number of anilines is 1. The molecule has 0 atom stereocenters. The zero-order valence-electron chi connectivity index (χ0n) is 9.50. The number of aromatic nitrogens is 2. The van der Waals surface area contributed by atoms with Crippen LogP contribution in [0, 0.1) is 5.92 Å². The van der Waals surface area contributed by atoms with Crippen LogP contribution in [0.25, 0.3) is 0 Å². The molecule has 1 aromatic heterocycles. The van der Waals surface area contributed by atoms with Crippen LogP contribution in [0.2, 0.25) is 0 Å². The molecule has 0 spiro atoms. The second-order valence-electron chi connectivity index (χ2n) is 4.24. The zero-order chi connectivity index (χ0) is 12.3. The third-order valence-electron chi connectivity index (χ3n) is 3.06. The molecule has 1 aliphatic rings. The maximum absolute atomic E-state index is 10.8. The van der Waals surface area contributed by atoms with E-state index in [2.05, 4.69) is 15.1 Å². The Bertz CT molecular complexity index is 387. The van der Waals surface area contributed by atoms with Gasteiger partial charge in [0.25, 0.3) is 0 Å². The number of hydrogen-bond acceptors (Lipinski definition) is 6. The van der Waals surface area contributed by atoms with Crippen LogP contribution in [-0.4, -0.2) is 45.8 Å². The van der Waals surface area contributed by atoms with Crippen molar-refractivity contribution in [2.75, 3.05) is 25.4 Å². The largest absolute Gasteiger partial charge is 0.481 e.